The summed E-state index contributed by atoms with van der Waals surface area (Å²) < 4.78 is 13.7. The van der Waals surface area contributed by atoms with E-state index in [2.05, 4.69) is 93.6 Å². The zero-order valence-corrected chi connectivity index (χ0v) is 24.6. The number of hydrogen-bond acceptors (Lipinski definition) is 3. The third-order valence-electron chi connectivity index (χ3n) is 7.82. The van der Waals surface area contributed by atoms with E-state index in [4.69, 9.17) is 8.85 Å². The molecule has 0 N–H and O–H groups in total. The molecule has 1 aliphatic heterocycles. The van der Waals surface area contributed by atoms with Crippen molar-refractivity contribution in [1.29, 1.82) is 0 Å². The molecule has 0 aliphatic carbocycles. The van der Waals surface area contributed by atoms with E-state index in [1.807, 2.05) is 4.90 Å². The van der Waals surface area contributed by atoms with E-state index < -0.39 is 16.6 Å². The smallest absolute Gasteiger partial charge is 0.258 e. The van der Waals surface area contributed by atoms with Crippen LogP contribution in [0.4, 0.5) is 5.69 Å². The molecular formula is C26H47NO3Si2. The SMILES string of the molecule is CC(=O)N1C[C@H](O[Si](C)(C)C(C)(C)C)Cc2cc(O[Si](C(C)C)(C(C)C)C(C)C)ccc21. The van der Waals surface area contributed by atoms with Gasteiger partial charge >= 0.3 is 0 Å². The highest BCUT2D eigenvalue weighted by Gasteiger charge is 2.47. The monoisotopic (exact) mass is 477 g/mol. The number of benzene rings is 1. The molecule has 6 heteroatoms. The number of carbonyl (C=O) groups excluding carboxylic acids is 1. The van der Waals surface area contributed by atoms with Crippen molar-refractivity contribution in [1.82, 2.24) is 0 Å². The molecule has 0 bridgehead atoms. The molecule has 0 radical (unpaired) electrons. The molecule has 1 atom stereocenters. The van der Waals surface area contributed by atoms with E-state index in [-0.39, 0.29) is 17.0 Å². The van der Waals surface area contributed by atoms with Gasteiger partial charge in [0.1, 0.15) is 5.75 Å². The van der Waals surface area contributed by atoms with Crippen molar-refractivity contribution in [2.24, 2.45) is 0 Å². The lowest BCUT2D eigenvalue weighted by atomic mass is 9.99. The Morgan fingerprint density at radius 1 is 1.03 bits per heavy atom. The van der Waals surface area contributed by atoms with Gasteiger partial charge in [0.2, 0.25) is 5.91 Å². The number of rotatable bonds is 7. The Labute approximate surface area is 199 Å². The first-order valence-electron chi connectivity index (χ1n) is 12.3. The summed E-state index contributed by atoms with van der Waals surface area (Å²) in [6.07, 6.45) is 0.840. The van der Waals surface area contributed by atoms with Crippen molar-refractivity contribution in [2.45, 2.75) is 117 Å². The van der Waals surface area contributed by atoms with Gasteiger partial charge in [-0.05, 0) is 58.5 Å². The zero-order valence-electron chi connectivity index (χ0n) is 22.6. The number of fused-ring (bicyclic) bond motifs is 1. The number of amides is 1. The molecule has 0 saturated carbocycles. The predicted octanol–water partition coefficient (Wildman–Crippen LogP) is 7.54. The molecule has 1 heterocycles. The topological polar surface area (TPSA) is 38.8 Å². The first kappa shape index (κ1) is 27.1. The van der Waals surface area contributed by atoms with Gasteiger partial charge in [0, 0.05) is 19.0 Å². The summed E-state index contributed by atoms with van der Waals surface area (Å²) in [7, 11) is -3.97. The molecule has 32 heavy (non-hydrogen) atoms. The van der Waals surface area contributed by atoms with Crippen molar-refractivity contribution >= 4 is 28.2 Å². The van der Waals surface area contributed by atoms with Gasteiger partial charge in [-0.1, -0.05) is 62.3 Å². The van der Waals surface area contributed by atoms with E-state index in [9.17, 15) is 4.79 Å². The highest BCUT2D eigenvalue weighted by atomic mass is 28.4. The quantitative estimate of drug-likeness (QED) is 0.381. The van der Waals surface area contributed by atoms with Crippen LogP contribution in [0.15, 0.2) is 18.2 Å². The average Bonchev–Trinajstić information content (AvgIpc) is 2.62. The van der Waals surface area contributed by atoms with Crippen LogP contribution in [-0.4, -0.2) is 35.2 Å². The lowest BCUT2D eigenvalue weighted by Gasteiger charge is -2.44. The van der Waals surface area contributed by atoms with Gasteiger partial charge in [-0.2, -0.15) is 0 Å². The second-order valence-electron chi connectivity index (χ2n) is 12.0. The fourth-order valence-electron chi connectivity index (χ4n) is 5.19. The van der Waals surface area contributed by atoms with E-state index in [1.165, 1.54) is 0 Å². The number of anilines is 1. The van der Waals surface area contributed by atoms with Crippen LogP contribution in [0, 0.1) is 0 Å². The van der Waals surface area contributed by atoms with E-state index in [0.29, 0.717) is 23.2 Å². The van der Waals surface area contributed by atoms with Crippen molar-refractivity contribution in [3.8, 4) is 5.75 Å². The van der Waals surface area contributed by atoms with E-state index in [1.54, 1.807) is 6.92 Å². The Morgan fingerprint density at radius 3 is 2.00 bits per heavy atom. The van der Waals surface area contributed by atoms with Crippen LogP contribution >= 0.6 is 0 Å². The minimum absolute atomic E-state index is 0.0184. The molecule has 0 fully saturated rings. The molecule has 0 spiro atoms. The second kappa shape index (κ2) is 9.63. The van der Waals surface area contributed by atoms with Crippen LogP contribution < -0.4 is 9.33 Å². The largest absolute Gasteiger partial charge is 0.543 e. The lowest BCUT2D eigenvalue weighted by Crippen LogP contribution is -2.51. The molecule has 4 nitrogen and oxygen atoms in total. The normalized spacial score (nSPS) is 17.8. The third kappa shape index (κ3) is 5.33. The molecule has 2 rings (SSSR count). The number of hydrogen-bond donors (Lipinski definition) is 0. The fourth-order valence-corrected chi connectivity index (χ4v) is 11.8. The maximum atomic E-state index is 12.5. The minimum Gasteiger partial charge on any atom is -0.543 e. The van der Waals surface area contributed by atoms with Crippen LogP contribution in [0.2, 0.25) is 34.8 Å². The third-order valence-corrected chi connectivity index (χ3v) is 18.4. The summed E-state index contributed by atoms with van der Waals surface area (Å²) in [5.74, 6) is 1.02. The van der Waals surface area contributed by atoms with Gasteiger partial charge < -0.3 is 13.8 Å². The van der Waals surface area contributed by atoms with Crippen molar-refractivity contribution < 1.29 is 13.6 Å². The van der Waals surface area contributed by atoms with Crippen LogP contribution in [0.5, 0.6) is 5.75 Å². The maximum absolute atomic E-state index is 12.5. The summed E-state index contributed by atoms with van der Waals surface area (Å²) >= 11 is 0. The summed E-state index contributed by atoms with van der Waals surface area (Å²) in [6.45, 7) is 27.5. The lowest BCUT2D eigenvalue weighted by molar-refractivity contribution is -0.117. The molecular weight excluding hydrogens is 430 g/mol. The molecule has 182 valence electrons. The fraction of sp³-hybridized carbons (Fsp3) is 0.731. The van der Waals surface area contributed by atoms with Crippen molar-refractivity contribution in [3.63, 3.8) is 0 Å². The van der Waals surface area contributed by atoms with Crippen molar-refractivity contribution in [3.05, 3.63) is 23.8 Å². The molecule has 0 aromatic heterocycles. The molecule has 1 amide bonds. The molecule has 1 aliphatic rings. The first-order valence-corrected chi connectivity index (χ1v) is 17.4. The van der Waals surface area contributed by atoms with Crippen molar-refractivity contribution in [2.75, 3.05) is 11.4 Å². The standard InChI is InChI=1S/C26H47NO3Si2/c1-18(2)32(19(3)4,20(5)6)30-23-13-14-25-22(15-23)16-24(17-27(25)21(7)28)29-31(11,12)26(8,9)10/h13-15,18-20,24H,16-17H2,1-12H3/t24-/m1/s1. The highest BCUT2D eigenvalue weighted by molar-refractivity contribution is 6.78. The summed E-state index contributed by atoms with van der Waals surface area (Å²) in [5.41, 5.74) is 3.71. The Balaban J connectivity index is 2.43. The Kier molecular flexibility index (Phi) is 8.16. The van der Waals surface area contributed by atoms with Gasteiger partial charge in [0.15, 0.2) is 8.32 Å². The summed E-state index contributed by atoms with van der Waals surface area (Å²) in [5, 5.41) is 0.135. The number of carbonyl (C=O) groups is 1. The first-order chi connectivity index (χ1) is 14.5. The molecule has 0 unspecified atom stereocenters. The van der Waals surface area contributed by atoms with Gasteiger partial charge in [0.25, 0.3) is 8.32 Å². The summed E-state index contributed by atoms with van der Waals surface area (Å²) in [4.78, 5) is 14.4. The highest BCUT2D eigenvalue weighted by Crippen LogP contribution is 2.44. The predicted molar refractivity (Wildman–Crippen MR) is 142 cm³/mol. The number of nitrogens with zero attached hydrogens (tertiary/aromatic N) is 1. The van der Waals surface area contributed by atoms with Crippen LogP contribution in [0.1, 0.15) is 74.8 Å². The van der Waals surface area contributed by atoms with Gasteiger partial charge in [0.05, 0.1) is 12.6 Å². The van der Waals surface area contributed by atoms with Crippen LogP contribution in [0.3, 0.4) is 0 Å². The van der Waals surface area contributed by atoms with Crippen LogP contribution in [0.25, 0.3) is 0 Å². The second-order valence-corrected chi connectivity index (χ2v) is 22.2. The Morgan fingerprint density at radius 2 is 1.56 bits per heavy atom. The maximum Gasteiger partial charge on any atom is 0.258 e. The van der Waals surface area contributed by atoms with Gasteiger partial charge in [-0.3, -0.25) is 4.79 Å². The van der Waals surface area contributed by atoms with E-state index in [0.717, 1.165) is 23.4 Å². The molecule has 1 aromatic rings. The summed E-state index contributed by atoms with van der Waals surface area (Å²) in [6, 6.07) is 6.33. The Hall–Kier alpha value is -1.12. The zero-order chi connectivity index (χ0) is 24.6. The average molecular weight is 478 g/mol. The van der Waals surface area contributed by atoms with Crippen LogP contribution in [-0.2, 0) is 15.6 Å². The Bertz CT molecular complexity index is 790. The molecule has 0 saturated heterocycles. The van der Waals surface area contributed by atoms with Gasteiger partial charge in [-0.25, -0.2) is 0 Å². The molecule has 1 aromatic carbocycles. The minimum atomic E-state index is -2.04. The van der Waals surface area contributed by atoms with Gasteiger partial charge in [-0.15, -0.1) is 0 Å². The van der Waals surface area contributed by atoms with E-state index >= 15 is 0 Å².